The summed E-state index contributed by atoms with van der Waals surface area (Å²) in [6.07, 6.45) is 0.414. The molecule has 2 unspecified atom stereocenters. The first kappa shape index (κ1) is 17.0. The number of hydrogen-bond acceptors (Lipinski definition) is 4. The first-order valence-corrected chi connectivity index (χ1v) is 7.06. The van der Waals surface area contributed by atoms with E-state index in [4.69, 9.17) is 9.47 Å². The predicted octanol–water partition coefficient (Wildman–Crippen LogP) is 2.36. The minimum atomic E-state index is -0.525. The Morgan fingerprint density at radius 1 is 1.20 bits per heavy atom. The van der Waals surface area contributed by atoms with E-state index in [1.165, 1.54) is 0 Å². The van der Waals surface area contributed by atoms with E-state index < -0.39 is 6.10 Å². The van der Waals surface area contributed by atoms with E-state index in [-0.39, 0.29) is 6.04 Å². The van der Waals surface area contributed by atoms with Gasteiger partial charge in [0, 0.05) is 19.8 Å². The van der Waals surface area contributed by atoms with Crippen molar-refractivity contribution in [3.05, 3.63) is 28.8 Å². The lowest BCUT2D eigenvalue weighted by molar-refractivity contribution is 0.131. The zero-order chi connectivity index (χ0) is 15.1. The lowest BCUT2D eigenvalue weighted by atomic mass is 9.94. The SMILES string of the molecule is COCCCNC(C)C(O)c1c(C)cc(OC)cc1C. The molecule has 4 heteroatoms. The van der Waals surface area contributed by atoms with E-state index in [1.54, 1.807) is 14.2 Å². The molecule has 114 valence electrons. The second kappa shape index (κ2) is 8.25. The van der Waals surface area contributed by atoms with Gasteiger partial charge in [-0.25, -0.2) is 0 Å². The molecule has 0 radical (unpaired) electrons. The van der Waals surface area contributed by atoms with Crippen molar-refractivity contribution in [1.82, 2.24) is 5.32 Å². The number of aliphatic hydroxyl groups is 1. The summed E-state index contributed by atoms with van der Waals surface area (Å²) in [4.78, 5) is 0. The fraction of sp³-hybridized carbons (Fsp3) is 0.625. The Morgan fingerprint density at radius 2 is 1.80 bits per heavy atom. The molecule has 1 aromatic carbocycles. The predicted molar refractivity (Wildman–Crippen MR) is 81.4 cm³/mol. The van der Waals surface area contributed by atoms with Crippen molar-refractivity contribution in [3.8, 4) is 5.75 Å². The third kappa shape index (κ3) is 4.47. The van der Waals surface area contributed by atoms with Crippen LogP contribution in [0.5, 0.6) is 5.75 Å². The maximum Gasteiger partial charge on any atom is 0.119 e. The molecule has 1 aromatic rings. The number of ether oxygens (including phenoxy) is 2. The van der Waals surface area contributed by atoms with Gasteiger partial charge < -0.3 is 19.9 Å². The Bertz CT molecular complexity index is 397. The number of rotatable bonds is 8. The molecular weight excluding hydrogens is 254 g/mol. The molecule has 0 spiro atoms. The van der Waals surface area contributed by atoms with Crippen LogP contribution in [0, 0.1) is 13.8 Å². The summed E-state index contributed by atoms with van der Waals surface area (Å²) in [6, 6.07) is 3.92. The van der Waals surface area contributed by atoms with Gasteiger partial charge in [-0.1, -0.05) is 0 Å². The minimum Gasteiger partial charge on any atom is -0.497 e. The molecule has 0 aliphatic carbocycles. The van der Waals surface area contributed by atoms with Crippen molar-refractivity contribution in [2.24, 2.45) is 0 Å². The van der Waals surface area contributed by atoms with E-state index >= 15 is 0 Å². The largest absolute Gasteiger partial charge is 0.497 e. The van der Waals surface area contributed by atoms with Crippen LogP contribution >= 0.6 is 0 Å². The van der Waals surface area contributed by atoms with Gasteiger partial charge in [0.25, 0.3) is 0 Å². The van der Waals surface area contributed by atoms with Crippen LogP contribution in [0.2, 0.25) is 0 Å². The van der Waals surface area contributed by atoms with Crippen molar-refractivity contribution in [2.45, 2.75) is 39.3 Å². The molecule has 20 heavy (non-hydrogen) atoms. The van der Waals surface area contributed by atoms with Crippen molar-refractivity contribution in [1.29, 1.82) is 0 Å². The van der Waals surface area contributed by atoms with Crippen molar-refractivity contribution in [3.63, 3.8) is 0 Å². The molecular formula is C16H27NO3. The number of aliphatic hydroxyl groups excluding tert-OH is 1. The van der Waals surface area contributed by atoms with E-state index in [2.05, 4.69) is 5.32 Å². The maximum absolute atomic E-state index is 10.5. The highest BCUT2D eigenvalue weighted by molar-refractivity contribution is 5.42. The average Bonchev–Trinajstić information content (AvgIpc) is 2.42. The molecule has 2 atom stereocenters. The fourth-order valence-electron chi connectivity index (χ4n) is 2.43. The standard InChI is InChI=1S/C16H27NO3/c1-11-9-14(20-5)10-12(2)15(11)16(18)13(3)17-7-6-8-19-4/h9-10,13,16-18H,6-8H2,1-5H3. The Labute approximate surface area is 122 Å². The van der Waals surface area contributed by atoms with Gasteiger partial charge in [0.1, 0.15) is 5.75 Å². The molecule has 0 saturated carbocycles. The highest BCUT2D eigenvalue weighted by Crippen LogP contribution is 2.28. The van der Waals surface area contributed by atoms with Gasteiger partial charge in [-0.3, -0.25) is 0 Å². The zero-order valence-electron chi connectivity index (χ0n) is 13.2. The Morgan fingerprint density at radius 3 is 2.30 bits per heavy atom. The van der Waals surface area contributed by atoms with Gasteiger partial charge in [-0.15, -0.1) is 0 Å². The summed E-state index contributed by atoms with van der Waals surface area (Å²) in [6.45, 7) is 7.58. The second-order valence-electron chi connectivity index (χ2n) is 5.21. The quantitative estimate of drug-likeness (QED) is 0.718. The lowest BCUT2D eigenvalue weighted by Crippen LogP contribution is -2.34. The molecule has 0 aliphatic rings. The van der Waals surface area contributed by atoms with Crippen LogP contribution in [0.4, 0.5) is 0 Å². The van der Waals surface area contributed by atoms with Crippen LogP contribution < -0.4 is 10.1 Å². The molecule has 4 nitrogen and oxygen atoms in total. The van der Waals surface area contributed by atoms with Crippen LogP contribution in [0.1, 0.15) is 36.1 Å². The molecule has 2 N–H and O–H groups in total. The van der Waals surface area contributed by atoms with Gasteiger partial charge in [-0.2, -0.15) is 0 Å². The maximum atomic E-state index is 10.5. The molecule has 0 aromatic heterocycles. The van der Waals surface area contributed by atoms with Crippen molar-refractivity contribution < 1.29 is 14.6 Å². The van der Waals surface area contributed by atoms with Crippen LogP contribution in [-0.2, 0) is 4.74 Å². The van der Waals surface area contributed by atoms with E-state index in [1.807, 2.05) is 32.9 Å². The van der Waals surface area contributed by atoms with Crippen LogP contribution in [-0.4, -0.2) is 38.5 Å². The Kier molecular flexibility index (Phi) is 6.99. The third-order valence-electron chi connectivity index (χ3n) is 3.56. The topological polar surface area (TPSA) is 50.7 Å². The normalized spacial score (nSPS) is 14.1. The summed E-state index contributed by atoms with van der Waals surface area (Å²) in [5, 5.41) is 13.9. The highest BCUT2D eigenvalue weighted by atomic mass is 16.5. The van der Waals surface area contributed by atoms with Gasteiger partial charge >= 0.3 is 0 Å². The summed E-state index contributed by atoms with van der Waals surface area (Å²) in [5.41, 5.74) is 3.09. The van der Waals surface area contributed by atoms with Crippen LogP contribution in [0.25, 0.3) is 0 Å². The monoisotopic (exact) mass is 281 g/mol. The smallest absolute Gasteiger partial charge is 0.119 e. The van der Waals surface area contributed by atoms with Crippen molar-refractivity contribution in [2.75, 3.05) is 27.4 Å². The summed E-state index contributed by atoms with van der Waals surface area (Å²) in [7, 11) is 3.35. The number of nitrogens with one attached hydrogen (secondary N) is 1. The van der Waals surface area contributed by atoms with Gasteiger partial charge in [0.05, 0.1) is 13.2 Å². The van der Waals surface area contributed by atoms with Crippen LogP contribution in [0.3, 0.4) is 0 Å². The van der Waals surface area contributed by atoms with Gasteiger partial charge in [0.15, 0.2) is 0 Å². The molecule has 0 saturated heterocycles. The number of hydrogen-bond donors (Lipinski definition) is 2. The molecule has 0 heterocycles. The Balaban J connectivity index is 2.73. The van der Waals surface area contributed by atoms with Crippen molar-refractivity contribution >= 4 is 0 Å². The van der Waals surface area contributed by atoms with Crippen LogP contribution in [0.15, 0.2) is 12.1 Å². The first-order valence-electron chi connectivity index (χ1n) is 7.06. The van der Waals surface area contributed by atoms with E-state index in [9.17, 15) is 5.11 Å². The van der Waals surface area contributed by atoms with E-state index in [0.29, 0.717) is 0 Å². The lowest BCUT2D eigenvalue weighted by Gasteiger charge is -2.24. The molecule has 1 rings (SSSR count). The highest BCUT2D eigenvalue weighted by Gasteiger charge is 2.20. The second-order valence-corrected chi connectivity index (χ2v) is 5.21. The molecule has 0 bridgehead atoms. The molecule has 0 amide bonds. The summed E-state index contributed by atoms with van der Waals surface area (Å²) in [5.74, 6) is 0.830. The summed E-state index contributed by atoms with van der Waals surface area (Å²) < 4.78 is 10.3. The third-order valence-corrected chi connectivity index (χ3v) is 3.56. The summed E-state index contributed by atoms with van der Waals surface area (Å²) >= 11 is 0. The fourth-order valence-corrected chi connectivity index (χ4v) is 2.43. The van der Waals surface area contributed by atoms with Gasteiger partial charge in [-0.05, 0) is 62.6 Å². The zero-order valence-corrected chi connectivity index (χ0v) is 13.2. The average molecular weight is 281 g/mol. The Hall–Kier alpha value is -1.10. The minimum absolute atomic E-state index is 0.00217. The molecule has 0 aliphatic heterocycles. The number of aryl methyl sites for hydroxylation is 2. The number of methoxy groups -OCH3 is 2. The molecule has 0 fully saturated rings. The van der Waals surface area contributed by atoms with Gasteiger partial charge in [0.2, 0.25) is 0 Å². The van der Waals surface area contributed by atoms with E-state index in [0.717, 1.165) is 42.0 Å². The number of benzene rings is 1. The first-order chi connectivity index (χ1) is 9.51.